The Labute approximate surface area is 137 Å². The molecule has 0 saturated heterocycles. The molecule has 4 heteroatoms. The second-order valence-electron chi connectivity index (χ2n) is 4.89. The van der Waals surface area contributed by atoms with Crippen molar-refractivity contribution in [2.24, 2.45) is 0 Å². The van der Waals surface area contributed by atoms with Crippen molar-refractivity contribution in [1.29, 1.82) is 0 Å². The maximum absolute atomic E-state index is 4.29. The molecule has 0 spiro atoms. The third kappa shape index (κ3) is 2.63. The van der Waals surface area contributed by atoms with Crippen molar-refractivity contribution < 1.29 is 0 Å². The Morgan fingerprint density at radius 3 is 2.41 bits per heavy atom. The van der Waals surface area contributed by atoms with Crippen LogP contribution in [0.25, 0.3) is 22.0 Å². The summed E-state index contributed by atoms with van der Waals surface area (Å²) < 4.78 is 5.25. The quantitative estimate of drug-likeness (QED) is 0.498. The maximum Gasteiger partial charge on any atom is 0.119 e. The maximum atomic E-state index is 4.29. The largest absolute Gasteiger partial charge is 0.137 e. The summed E-state index contributed by atoms with van der Waals surface area (Å²) in [6, 6.07) is 25.1. The fraction of sp³-hybridized carbons (Fsp3) is 0. The Hall–Kier alpha value is -2.17. The van der Waals surface area contributed by atoms with Gasteiger partial charge in [-0.2, -0.15) is 0 Å². The van der Waals surface area contributed by atoms with Crippen LogP contribution in [-0.2, 0) is 0 Å². The van der Waals surface area contributed by atoms with Crippen LogP contribution >= 0.6 is 23.3 Å². The lowest BCUT2D eigenvalue weighted by Crippen LogP contribution is -1.80. The lowest BCUT2D eigenvalue weighted by Gasteiger charge is -2.03. The van der Waals surface area contributed by atoms with Crippen LogP contribution in [0.5, 0.6) is 0 Å². The van der Waals surface area contributed by atoms with Crippen LogP contribution in [0.3, 0.4) is 0 Å². The van der Waals surface area contributed by atoms with Gasteiger partial charge in [-0.3, -0.25) is 0 Å². The second kappa shape index (κ2) is 5.91. The third-order valence-electron chi connectivity index (χ3n) is 3.44. The summed E-state index contributed by atoms with van der Waals surface area (Å²) in [6.45, 7) is 0. The number of fused-ring (bicyclic) bond motifs is 1. The topological polar surface area (TPSA) is 25.8 Å². The van der Waals surface area contributed by atoms with Crippen molar-refractivity contribution in [2.75, 3.05) is 0 Å². The van der Waals surface area contributed by atoms with E-state index in [2.05, 4.69) is 64.2 Å². The average molecular weight is 320 g/mol. The number of nitrogens with zero attached hydrogens (tertiary/aromatic N) is 2. The SMILES string of the molecule is c1ccc(-c2nnsc2Sc2ccc3ccccc3c2)cc1. The van der Waals surface area contributed by atoms with Gasteiger partial charge in [0.25, 0.3) is 0 Å². The molecule has 4 aromatic rings. The Morgan fingerprint density at radius 1 is 0.773 bits per heavy atom. The first-order valence-electron chi connectivity index (χ1n) is 6.94. The molecule has 0 atom stereocenters. The Bertz CT molecular complexity index is 916. The highest BCUT2D eigenvalue weighted by atomic mass is 32.2. The van der Waals surface area contributed by atoms with Crippen LogP contribution < -0.4 is 0 Å². The summed E-state index contributed by atoms with van der Waals surface area (Å²) in [5.74, 6) is 0. The van der Waals surface area contributed by atoms with Gasteiger partial charge in [0, 0.05) is 10.5 Å². The van der Waals surface area contributed by atoms with E-state index < -0.39 is 0 Å². The van der Waals surface area contributed by atoms with Gasteiger partial charge >= 0.3 is 0 Å². The first-order valence-corrected chi connectivity index (χ1v) is 8.53. The molecule has 0 fully saturated rings. The van der Waals surface area contributed by atoms with E-state index in [1.807, 2.05) is 18.2 Å². The van der Waals surface area contributed by atoms with E-state index in [1.165, 1.54) is 27.2 Å². The highest BCUT2D eigenvalue weighted by molar-refractivity contribution is 8.01. The molecule has 1 heterocycles. The number of rotatable bonds is 3. The summed E-state index contributed by atoms with van der Waals surface area (Å²) in [4.78, 5) is 1.21. The third-order valence-corrected chi connectivity index (χ3v) is 5.30. The van der Waals surface area contributed by atoms with E-state index in [0.717, 1.165) is 15.5 Å². The standard InChI is InChI=1S/C18H12N2S2/c1-2-7-14(8-3-1)17-18(22-20-19-17)21-16-11-10-13-6-4-5-9-15(13)12-16/h1-12H. The second-order valence-corrected chi connectivity index (χ2v) is 6.98. The smallest absolute Gasteiger partial charge is 0.119 e. The van der Waals surface area contributed by atoms with Gasteiger partial charge < -0.3 is 0 Å². The Balaban J connectivity index is 1.70. The molecule has 106 valence electrons. The van der Waals surface area contributed by atoms with Crippen LogP contribution in [-0.4, -0.2) is 9.59 Å². The molecule has 0 aliphatic carbocycles. The molecule has 0 saturated carbocycles. The molecule has 0 amide bonds. The zero-order valence-electron chi connectivity index (χ0n) is 11.6. The molecule has 3 aromatic carbocycles. The van der Waals surface area contributed by atoms with Crippen molar-refractivity contribution in [3.63, 3.8) is 0 Å². The number of aromatic nitrogens is 2. The van der Waals surface area contributed by atoms with Gasteiger partial charge in [-0.15, -0.1) is 5.10 Å². The van der Waals surface area contributed by atoms with E-state index in [9.17, 15) is 0 Å². The summed E-state index contributed by atoms with van der Waals surface area (Å²) in [5.41, 5.74) is 2.07. The van der Waals surface area contributed by atoms with Gasteiger partial charge in [-0.1, -0.05) is 76.9 Å². The summed E-state index contributed by atoms with van der Waals surface area (Å²) in [5, 5.41) is 6.81. The molecule has 0 aliphatic rings. The molecule has 2 nitrogen and oxygen atoms in total. The van der Waals surface area contributed by atoms with Crippen LogP contribution in [0.1, 0.15) is 0 Å². The Kier molecular flexibility index (Phi) is 3.62. The molecule has 22 heavy (non-hydrogen) atoms. The molecule has 0 bridgehead atoms. The predicted octanol–water partition coefficient (Wildman–Crippen LogP) is 5.51. The lowest BCUT2D eigenvalue weighted by atomic mass is 10.1. The first kappa shape index (κ1) is 13.5. The molecule has 1 aromatic heterocycles. The normalized spacial score (nSPS) is 10.9. The van der Waals surface area contributed by atoms with Crippen molar-refractivity contribution in [3.8, 4) is 11.3 Å². The summed E-state index contributed by atoms with van der Waals surface area (Å²) in [7, 11) is 0. The molecule has 4 rings (SSSR count). The number of hydrogen-bond donors (Lipinski definition) is 0. The molecular weight excluding hydrogens is 308 g/mol. The van der Waals surface area contributed by atoms with E-state index in [1.54, 1.807) is 11.8 Å². The molecule has 0 unspecified atom stereocenters. The van der Waals surface area contributed by atoms with Crippen LogP contribution in [0.2, 0.25) is 0 Å². The first-order chi connectivity index (χ1) is 10.9. The van der Waals surface area contributed by atoms with Gasteiger partial charge in [-0.25, -0.2) is 0 Å². The van der Waals surface area contributed by atoms with Crippen molar-refractivity contribution in [2.45, 2.75) is 9.10 Å². The highest BCUT2D eigenvalue weighted by Gasteiger charge is 2.11. The van der Waals surface area contributed by atoms with Gasteiger partial charge in [0.1, 0.15) is 9.90 Å². The molecule has 0 N–H and O–H groups in total. The van der Waals surface area contributed by atoms with Crippen LogP contribution in [0.4, 0.5) is 0 Å². The van der Waals surface area contributed by atoms with Crippen LogP contribution in [0, 0.1) is 0 Å². The molecule has 0 radical (unpaired) electrons. The summed E-state index contributed by atoms with van der Waals surface area (Å²) in [6.07, 6.45) is 0. The summed E-state index contributed by atoms with van der Waals surface area (Å²) >= 11 is 3.17. The van der Waals surface area contributed by atoms with Crippen molar-refractivity contribution in [3.05, 3.63) is 72.8 Å². The van der Waals surface area contributed by atoms with Gasteiger partial charge in [0.15, 0.2) is 0 Å². The average Bonchev–Trinajstić information content (AvgIpc) is 3.04. The Morgan fingerprint density at radius 2 is 1.55 bits per heavy atom. The monoisotopic (exact) mass is 320 g/mol. The van der Waals surface area contributed by atoms with Crippen molar-refractivity contribution >= 4 is 34.1 Å². The van der Waals surface area contributed by atoms with Gasteiger partial charge in [0.05, 0.1) is 0 Å². The van der Waals surface area contributed by atoms with Gasteiger partial charge in [-0.05, 0) is 34.4 Å². The lowest BCUT2D eigenvalue weighted by molar-refractivity contribution is 1.15. The molecule has 0 aliphatic heterocycles. The van der Waals surface area contributed by atoms with Crippen LogP contribution in [0.15, 0.2) is 81.9 Å². The minimum atomic E-state index is 0.962. The minimum absolute atomic E-state index is 0.962. The predicted molar refractivity (Wildman–Crippen MR) is 93.4 cm³/mol. The highest BCUT2D eigenvalue weighted by Crippen LogP contribution is 2.38. The van der Waals surface area contributed by atoms with E-state index >= 15 is 0 Å². The van der Waals surface area contributed by atoms with E-state index in [4.69, 9.17) is 0 Å². The number of hydrogen-bond acceptors (Lipinski definition) is 4. The fourth-order valence-corrected chi connectivity index (χ4v) is 4.13. The zero-order valence-corrected chi connectivity index (χ0v) is 13.3. The van der Waals surface area contributed by atoms with Gasteiger partial charge in [0.2, 0.25) is 0 Å². The van der Waals surface area contributed by atoms with Crippen molar-refractivity contribution in [1.82, 2.24) is 9.59 Å². The number of benzene rings is 3. The molecular formula is C18H12N2S2. The zero-order chi connectivity index (χ0) is 14.8. The van der Waals surface area contributed by atoms with E-state index in [-0.39, 0.29) is 0 Å². The fourth-order valence-electron chi connectivity index (χ4n) is 2.36. The van der Waals surface area contributed by atoms with E-state index in [0.29, 0.717) is 0 Å². The minimum Gasteiger partial charge on any atom is -0.137 e.